The number of rotatable bonds is 35. The number of anilines is 1. The molecule has 52 heavy (non-hydrogen) atoms. The van der Waals surface area contributed by atoms with Gasteiger partial charge in [0.05, 0.1) is 140 Å². The highest BCUT2D eigenvalue weighted by Crippen LogP contribution is 2.28. The molecule has 0 amide bonds. The van der Waals surface area contributed by atoms with E-state index in [0.29, 0.717) is 125 Å². The molecule has 0 aromatic heterocycles. The maximum absolute atomic E-state index is 11.1. The van der Waals surface area contributed by atoms with E-state index < -0.39 is 14.8 Å². The van der Waals surface area contributed by atoms with Crippen LogP contribution in [0.4, 0.5) is 22.7 Å². The molecule has 0 saturated heterocycles. The van der Waals surface area contributed by atoms with Crippen LogP contribution in [0.25, 0.3) is 0 Å². The van der Waals surface area contributed by atoms with Crippen molar-refractivity contribution in [1.82, 2.24) is 0 Å². The summed E-state index contributed by atoms with van der Waals surface area (Å²) in [5.74, 6) is 0.542. The molecule has 0 bridgehead atoms. The van der Waals surface area contributed by atoms with Crippen molar-refractivity contribution in [2.75, 3.05) is 137 Å². The Morgan fingerprint density at radius 2 is 0.769 bits per heavy atom. The second-order valence-corrected chi connectivity index (χ2v) is 10.3. The fourth-order valence-corrected chi connectivity index (χ4v) is 3.94. The maximum Gasteiger partial charge on any atom is 0.299 e. The van der Waals surface area contributed by atoms with Crippen LogP contribution in [-0.4, -0.2) is 147 Å². The van der Waals surface area contributed by atoms with Gasteiger partial charge in [0.1, 0.15) is 18.0 Å². The number of non-ortho nitro benzene ring substituents is 2. The number of nitro groups is 3. The first-order chi connectivity index (χ1) is 25.4. The van der Waals surface area contributed by atoms with E-state index in [-0.39, 0.29) is 35.9 Å². The van der Waals surface area contributed by atoms with E-state index in [1.54, 1.807) is 12.1 Å². The molecule has 20 nitrogen and oxygen atoms in total. The lowest BCUT2D eigenvalue weighted by molar-refractivity contribution is -0.393. The molecule has 0 aliphatic heterocycles. The molecule has 2 aromatic carbocycles. The Morgan fingerprint density at radius 1 is 0.423 bits per heavy atom. The monoisotopic (exact) mass is 744 g/mol. The van der Waals surface area contributed by atoms with Gasteiger partial charge >= 0.3 is 0 Å². The minimum Gasteiger partial charge on any atom is -0.491 e. The van der Waals surface area contributed by atoms with Gasteiger partial charge in [-0.25, -0.2) is 0 Å². The van der Waals surface area contributed by atoms with Crippen LogP contribution in [0.1, 0.15) is 0 Å². The predicted molar refractivity (Wildman–Crippen MR) is 184 cm³/mol. The third-order valence-corrected chi connectivity index (χ3v) is 6.47. The number of nitro benzene ring substituents is 3. The second kappa shape index (κ2) is 29.5. The zero-order chi connectivity index (χ0) is 37.5. The topological polar surface area (TPSA) is 234 Å². The molecule has 292 valence electrons. The zero-order valence-electron chi connectivity index (χ0n) is 29.1. The Hall–Kier alpha value is -4.12. The average molecular weight is 745 g/mol. The van der Waals surface area contributed by atoms with Gasteiger partial charge in [0.15, 0.2) is 0 Å². The molecule has 0 heterocycles. The van der Waals surface area contributed by atoms with Crippen LogP contribution in [0.15, 0.2) is 42.5 Å². The molecule has 0 fully saturated rings. The molecular formula is C32H48N4O16. The molecule has 20 heteroatoms. The van der Waals surface area contributed by atoms with Crippen molar-refractivity contribution in [2.45, 2.75) is 0 Å². The van der Waals surface area contributed by atoms with Crippen LogP contribution in [0, 0.1) is 30.3 Å². The summed E-state index contributed by atoms with van der Waals surface area (Å²) in [4.78, 5) is 30.8. The Bertz CT molecular complexity index is 1260. The van der Waals surface area contributed by atoms with Crippen LogP contribution in [0.5, 0.6) is 5.75 Å². The van der Waals surface area contributed by atoms with Crippen LogP contribution in [-0.2, 0) is 42.6 Å². The molecule has 0 saturated carbocycles. The third kappa shape index (κ3) is 22.0. The molecule has 0 unspecified atom stereocenters. The number of hydrogen-bond donors (Lipinski definition) is 1. The largest absolute Gasteiger partial charge is 0.491 e. The van der Waals surface area contributed by atoms with Gasteiger partial charge in [-0.1, -0.05) is 0 Å². The summed E-state index contributed by atoms with van der Waals surface area (Å²) in [6, 6.07) is 9.27. The number of ether oxygens (including phenoxy) is 10. The van der Waals surface area contributed by atoms with Crippen LogP contribution >= 0.6 is 0 Å². The zero-order valence-corrected chi connectivity index (χ0v) is 29.1. The van der Waals surface area contributed by atoms with Crippen LogP contribution in [0.2, 0.25) is 0 Å². The highest BCUT2D eigenvalue weighted by Gasteiger charge is 2.19. The first-order valence-electron chi connectivity index (χ1n) is 16.6. The van der Waals surface area contributed by atoms with Gasteiger partial charge in [0, 0.05) is 24.7 Å². The molecule has 0 atom stereocenters. The lowest BCUT2D eigenvalue weighted by Crippen LogP contribution is -2.16. The van der Waals surface area contributed by atoms with Gasteiger partial charge in [-0.3, -0.25) is 30.3 Å². The van der Waals surface area contributed by atoms with E-state index in [1.165, 1.54) is 24.3 Å². The van der Waals surface area contributed by atoms with Crippen LogP contribution < -0.4 is 10.1 Å². The summed E-state index contributed by atoms with van der Waals surface area (Å²) >= 11 is 0. The van der Waals surface area contributed by atoms with Crippen LogP contribution in [0.3, 0.4) is 0 Å². The van der Waals surface area contributed by atoms with Crippen molar-refractivity contribution in [3.05, 3.63) is 72.8 Å². The molecule has 1 N–H and O–H groups in total. The first-order valence-corrected chi connectivity index (χ1v) is 16.6. The summed E-state index contributed by atoms with van der Waals surface area (Å²) in [7, 11) is 0. The third-order valence-electron chi connectivity index (χ3n) is 6.47. The molecular weight excluding hydrogens is 696 g/mol. The van der Waals surface area contributed by atoms with E-state index in [2.05, 4.69) is 5.32 Å². The Morgan fingerprint density at radius 3 is 1.13 bits per heavy atom. The van der Waals surface area contributed by atoms with Gasteiger partial charge in [0.2, 0.25) is 0 Å². The van der Waals surface area contributed by atoms with Crippen molar-refractivity contribution < 1.29 is 62.1 Å². The molecule has 0 spiro atoms. The summed E-state index contributed by atoms with van der Waals surface area (Å²) in [5, 5.41) is 35.4. The Balaban J connectivity index is 1.22. The highest BCUT2D eigenvalue weighted by atomic mass is 16.6. The van der Waals surface area contributed by atoms with Gasteiger partial charge < -0.3 is 52.7 Å². The van der Waals surface area contributed by atoms with E-state index in [1.807, 2.05) is 0 Å². The Labute approximate surface area is 300 Å². The molecule has 2 rings (SSSR count). The lowest BCUT2D eigenvalue weighted by atomic mass is 10.2. The SMILES string of the molecule is O=[N+]([O-])c1ccc(OCCOCCOCCOCCOCCOCCOCCOCCOCCOCCNc2ccc([N+](=O)[O-])cc2[N+](=O)[O-])cc1. The average Bonchev–Trinajstić information content (AvgIpc) is 3.13. The standard InChI is InChI=1S/C32H48N4O16/c37-34(38)28-1-4-30(5-2-28)52-26-25-51-24-23-50-22-21-49-20-19-48-18-17-47-16-15-46-14-13-45-12-11-44-10-9-43-8-7-33-31-6-3-29(35(39)40)27-32(31)36(41)42/h1-6,27,33H,7-26H2. The van der Waals surface area contributed by atoms with Gasteiger partial charge in [0.25, 0.3) is 17.1 Å². The normalized spacial score (nSPS) is 11.1. The fraction of sp³-hybridized carbons (Fsp3) is 0.625. The molecule has 2 aromatic rings. The Kier molecular flexibility index (Phi) is 24.9. The molecule has 0 aliphatic carbocycles. The van der Waals surface area contributed by atoms with E-state index in [4.69, 9.17) is 47.4 Å². The number of hydrogen-bond acceptors (Lipinski definition) is 17. The molecule has 0 aliphatic rings. The summed E-state index contributed by atoms with van der Waals surface area (Å²) < 4.78 is 54.4. The van der Waals surface area contributed by atoms with E-state index in [0.717, 1.165) is 6.07 Å². The fourth-order valence-electron chi connectivity index (χ4n) is 3.94. The van der Waals surface area contributed by atoms with Gasteiger partial charge in [-0.05, 0) is 18.2 Å². The lowest BCUT2D eigenvalue weighted by Gasteiger charge is -2.09. The van der Waals surface area contributed by atoms with Crippen molar-refractivity contribution in [1.29, 1.82) is 0 Å². The van der Waals surface area contributed by atoms with Gasteiger partial charge in [-0.15, -0.1) is 0 Å². The second-order valence-electron chi connectivity index (χ2n) is 10.3. The van der Waals surface area contributed by atoms with Gasteiger partial charge in [-0.2, -0.15) is 0 Å². The number of benzene rings is 2. The molecule has 0 radical (unpaired) electrons. The summed E-state index contributed by atoms with van der Waals surface area (Å²) in [6.07, 6.45) is 0. The smallest absolute Gasteiger partial charge is 0.299 e. The summed E-state index contributed by atoms with van der Waals surface area (Å²) in [6.45, 7) is 7.98. The first kappa shape index (κ1) is 44.0. The van der Waals surface area contributed by atoms with Crippen molar-refractivity contribution in [2.24, 2.45) is 0 Å². The maximum atomic E-state index is 11.1. The quantitative estimate of drug-likeness (QED) is 0.0607. The number of nitrogens with one attached hydrogen (secondary N) is 1. The van der Waals surface area contributed by atoms with E-state index in [9.17, 15) is 30.3 Å². The van der Waals surface area contributed by atoms with Crippen molar-refractivity contribution in [3.8, 4) is 5.75 Å². The summed E-state index contributed by atoms with van der Waals surface area (Å²) in [5.41, 5.74) is -0.532. The minimum atomic E-state index is -0.686. The van der Waals surface area contributed by atoms with Crippen molar-refractivity contribution >= 4 is 22.7 Å². The highest BCUT2D eigenvalue weighted by molar-refractivity contribution is 5.65. The minimum absolute atomic E-state index is 0.0133. The van der Waals surface area contributed by atoms with Crippen molar-refractivity contribution in [3.63, 3.8) is 0 Å². The number of nitrogens with zero attached hydrogens (tertiary/aromatic N) is 3. The predicted octanol–water partition coefficient (Wildman–Crippen LogP) is 3.05. The van der Waals surface area contributed by atoms with E-state index >= 15 is 0 Å².